The minimum atomic E-state index is 0.701. The molecule has 0 bridgehead atoms. The molecule has 3 nitrogen and oxygen atoms in total. The average Bonchev–Trinajstić information content (AvgIpc) is 2.71. The van der Waals surface area contributed by atoms with E-state index in [-0.39, 0.29) is 0 Å². The molecule has 2 aromatic rings. The molecule has 90 valence electrons. The third kappa shape index (κ3) is 2.44. The summed E-state index contributed by atoms with van der Waals surface area (Å²) < 4.78 is 1.96. The van der Waals surface area contributed by atoms with Gasteiger partial charge in [-0.05, 0) is 18.6 Å². The largest absolute Gasteiger partial charge is 0.388 e. The molecule has 0 aliphatic rings. The topological polar surface area (TPSA) is 29.9 Å². The number of halogens is 1. The van der Waals surface area contributed by atoms with Gasteiger partial charge in [-0.1, -0.05) is 30.7 Å². The number of nitrogens with one attached hydrogen (secondary N) is 1. The minimum Gasteiger partial charge on any atom is -0.388 e. The predicted molar refractivity (Wildman–Crippen MR) is 72.5 cm³/mol. The first-order valence-electron chi connectivity index (χ1n) is 5.75. The Morgan fingerprint density at radius 1 is 1.41 bits per heavy atom. The number of hydrogen-bond acceptors (Lipinski definition) is 2. The lowest BCUT2D eigenvalue weighted by molar-refractivity contribution is 0.609. The van der Waals surface area contributed by atoms with Crippen molar-refractivity contribution in [2.75, 3.05) is 12.4 Å². The molecule has 4 heteroatoms. The van der Waals surface area contributed by atoms with Crippen molar-refractivity contribution in [1.29, 1.82) is 0 Å². The maximum absolute atomic E-state index is 6.21. The van der Waals surface area contributed by atoms with Gasteiger partial charge < -0.3 is 5.32 Å². The third-order valence-electron chi connectivity index (χ3n) is 2.65. The molecule has 0 atom stereocenters. The Bertz CT molecular complexity index is 505. The maximum Gasteiger partial charge on any atom is 0.0869 e. The van der Waals surface area contributed by atoms with Crippen LogP contribution in [-0.2, 0) is 6.54 Å². The van der Waals surface area contributed by atoms with Crippen molar-refractivity contribution in [2.45, 2.75) is 19.9 Å². The van der Waals surface area contributed by atoms with E-state index in [1.54, 1.807) is 6.20 Å². The lowest BCUT2D eigenvalue weighted by atomic mass is 10.1. The maximum atomic E-state index is 6.21. The molecule has 1 N–H and O–H groups in total. The summed E-state index contributed by atoms with van der Waals surface area (Å²) in [6.07, 6.45) is 2.75. The molecule has 0 saturated carbocycles. The number of hydrogen-bond donors (Lipinski definition) is 1. The number of anilines is 1. The number of aromatic nitrogens is 2. The van der Waals surface area contributed by atoms with Crippen molar-refractivity contribution in [3.8, 4) is 11.3 Å². The highest BCUT2D eigenvalue weighted by Crippen LogP contribution is 2.29. The van der Waals surface area contributed by atoms with Gasteiger partial charge in [0.1, 0.15) is 0 Å². The van der Waals surface area contributed by atoms with Gasteiger partial charge in [-0.2, -0.15) is 5.10 Å². The van der Waals surface area contributed by atoms with Crippen LogP contribution in [0, 0.1) is 0 Å². The number of aryl methyl sites for hydroxylation is 1. The first kappa shape index (κ1) is 12.0. The zero-order valence-electron chi connectivity index (χ0n) is 10.1. The molecule has 1 aromatic carbocycles. The average molecular weight is 250 g/mol. The quantitative estimate of drug-likeness (QED) is 0.896. The van der Waals surface area contributed by atoms with E-state index in [2.05, 4.69) is 29.5 Å². The van der Waals surface area contributed by atoms with Crippen molar-refractivity contribution in [2.24, 2.45) is 0 Å². The number of nitrogens with zero attached hydrogens (tertiary/aromatic N) is 2. The van der Waals surface area contributed by atoms with Crippen molar-refractivity contribution in [3.05, 3.63) is 35.5 Å². The summed E-state index contributed by atoms with van der Waals surface area (Å²) in [6, 6.07) is 8.17. The Morgan fingerprint density at radius 2 is 2.24 bits per heavy atom. The monoisotopic (exact) mass is 249 g/mol. The summed E-state index contributed by atoms with van der Waals surface area (Å²) in [6.45, 7) is 3.01. The Labute approximate surface area is 106 Å². The predicted octanol–water partition coefficient (Wildman–Crippen LogP) is 3.66. The SMILES string of the molecule is CCCn1ncc(Cl)c1-c1cccc(NC)c1. The van der Waals surface area contributed by atoms with Gasteiger partial charge in [-0.15, -0.1) is 0 Å². The van der Waals surface area contributed by atoms with Crippen molar-refractivity contribution in [3.63, 3.8) is 0 Å². The summed E-state index contributed by atoms with van der Waals surface area (Å²) in [5.41, 5.74) is 3.15. The van der Waals surface area contributed by atoms with Crippen LogP contribution >= 0.6 is 11.6 Å². The molecular weight excluding hydrogens is 234 g/mol. The Kier molecular flexibility index (Phi) is 3.69. The van der Waals surface area contributed by atoms with Gasteiger partial charge in [0.05, 0.1) is 16.9 Å². The fourth-order valence-corrected chi connectivity index (χ4v) is 2.10. The van der Waals surface area contributed by atoms with E-state index < -0.39 is 0 Å². The number of benzene rings is 1. The van der Waals surface area contributed by atoms with E-state index in [9.17, 15) is 0 Å². The molecule has 0 spiro atoms. The zero-order valence-corrected chi connectivity index (χ0v) is 10.8. The van der Waals surface area contributed by atoms with Gasteiger partial charge in [0, 0.05) is 24.8 Å². The van der Waals surface area contributed by atoms with Crippen LogP contribution in [-0.4, -0.2) is 16.8 Å². The van der Waals surface area contributed by atoms with E-state index in [1.807, 2.05) is 23.9 Å². The van der Waals surface area contributed by atoms with Crippen LogP contribution in [0.15, 0.2) is 30.5 Å². The second-order valence-corrected chi connectivity index (χ2v) is 4.30. The summed E-state index contributed by atoms with van der Waals surface area (Å²) >= 11 is 6.21. The molecular formula is C13H16ClN3. The molecule has 1 heterocycles. The van der Waals surface area contributed by atoms with Crippen LogP contribution in [0.4, 0.5) is 5.69 Å². The number of rotatable bonds is 4. The Morgan fingerprint density at radius 3 is 2.94 bits per heavy atom. The molecule has 2 rings (SSSR count). The molecule has 0 unspecified atom stereocenters. The molecule has 1 aromatic heterocycles. The first-order valence-corrected chi connectivity index (χ1v) is 6.13. The van der Waals surface area contributed by atoms with Crippen LogP contribution < -0.4 is 5.32 Å². The molecule has 0 aliphatic heterocycles. The molecule has 0 aliphatic carbocycles. The van der Waals surface area contributed by atoms with Crippen molar-refractivity contribution >= 4 is 17.3 Å². The second-order valence-electron chi connectivity index (χ2n) is 3.90. The normalized spacial score (nSPS) is 10.5. The van der Waals surface area contributed by atoms with E-state index in [0.29, 0.717) is 5.02 Å². The van der Waals surface area contributed by atoms with Crippen LogP contribution in [0.25, 0.3) is 11.3 Å². The Hall–Kier alpha value is -1.48. The molecule has 0 amide bonds. The van der Waals surface area contributed by atoms with Gasteiger partial charge in [-0.3, -0.25) is 4.68 Å². The van der Waals surface area contributed by atoms with E-state index in [1.165, 1.54) is 0 Å². The Balaban J connectivity index is 2.47. The third-order valence-corrected chi connectivity index (χ3v) is 2.93. The molecule has 17 heavy (non-hydrogen) atoms. The molecule has 0 radical (unpaired) electrons. The first-order chi connectivity index (χ1) is 8.26. The van der Waals surface area contributed by atoms with Gasteiger partial charge in [0.15, 0.2) is 0 Å². The van der Waals surface area contributed by atoms with E-state index in [0.717, 1.165) is 29.9 Å². The molecule has 0 saturated heterocycles. The summed E-state index contributed by atoms with van der Waals surface area (Å²) in [5.74, 6) is 0. The smallest absolute Gasteiger partial charge is 0.0869 e. The highest BCUT2D eigenvalue weighted by Gasteiger charge is 2.11. The van der Waals surface area contributed by atoms with Gasteiger partial charge in [0.2, 0.25) is 0 Å². The summed E-state index contributed by atoms with van der Waals surface area (Å²) in [5, 5.41) is 8.13. The lowest BCUT2D eigenvalue weighted by Gasteiger charge is -2.08. The molecule has 0 fully saturated rings. The van der Waals surface area contributed by atoms with Crippen molar-refractivity contribution < 1.29 is 0 Å². The van der Waals surface area contributed by atoms with Gasteiger partial charge in [-0.25, -0.2) is 0 Å². The zero-order chi connectivity index (χ0) is 12.3. The van der Waals surface area contributed by atoms with E-state index >= 15 is 0 Å². The lowest BCUT2D eigenvalue weighted by Crippen LogP contribution is -2.01. The van der Waals surface area contributed by atoms with Crippen LogP contribution in [0.2, 0.25) is 5.02 Å². The van der Waals surface area contributed by atoms with Gasteiger partial charge in [0.25, 0.3) is 0 Å². The standard InChI is InChI=1S/C13H16ClN3/c1-3-7-17-13(12(14)9-16-17)10-5-4-6-11(8-10)15-2/h4-6,8-9,15H,3,7H2,1-2H3. The van der Waals surface area contributed by atoms with Gasteiger partial charge >= 0.3 is 0 Å². The van der Waals surface area contributed by atoms with E-state index in [4.69, 9.17) is 11.6 Å². The summed E-state index contributed by atoms with van der Waals surface area (Å²) in [4.78, 5) is 0. The van der Waals surface area contributed by atoms with Crippen LogP contribution in [0.1, 0.15) is 13.3 Å². The van der Waals surface area contributed by atoms with Crippen LogP contribution in [0.5, 0.6) is 0 Å². The fraction of sp³-hybridized carbons (Fsp3) is 0.308. The highest BCUT2D eigenvalue weighted by atomic mass is 35.5. The minimum absolute atomic E-state index is 0.701. The second kappa shape index (κ2) is 5.23. The van der Waals surface area contributed by atoms with Crippen LogP contribution in [0.3, 0.4) is 0 Å². The fourth-order valence-electron chi connectivity index (χ4n) is 1.85. The highest BCUT2D eigenvalue weighted by molar-refractivity contribution is 6.33. The van der Waals surface area contributed by atoms with Crippen molar-refractivity contribution in [1.82, 2.24) is 9.78 Å². The summed E-state index contributed by atoms with van der Waals surface area (Å²) in [7, 11) is 1.91.